The molecule has 1 N–H and O–H groups in total. The van der Waals surface area contributed by atoms with Crippen molar-refractivity contribution in [3.05, 3.63) is 44.2 Å². The highest BCUT2D eigenvalue weighted by atomic mass is 35.5. The van der Waals surface area contributed by atoms with Gasteiger partial charge in [0.2, 0.25) is 0 Å². The van der Waals surface area contributed by atoms with Crippen molar-refractivity contribution in [3.8, 4) is 5.69 Å². The van der Waals surface area contributed by atoms with E-state index in [-0.39, 0.29) is 21.4 Å². The predicted octanol–water partition coefficient (Wildman–Crippen LogP) is 2.93. The van der Waals surface area contributed by atoms with Crippen LogP contribution in [-0.2, 0) is 0 Å². The molecule has 1 aromatic carbocycles. The van der Waals surface area contributed by atoms with Gasteiger partial charge in [-0.2, -0.15) is 0 Å². The van der Waals surface area contributed by atoms with E-state index in [1.165, 1.54) is 18.3 Å². The predicted molar refractivity (Wildman–Crippen MR) is 73.3 cm³/mol. The maximum absolute atomic E-state index is 11.1. The van der Waals surface area contributed by atoms with Crippen LogP contribution in [-0.4, -0.2) is 25.0 Å². The van der Waals surface area contributed by atoms with E-state index >= 15 is 0 Å². The third kappa shape index (κ3) is 2.74. The van der Waals surface area contributed by atoms with E-state index in [0.717, 1.165) is 4.68 Å². The van der Waals surface area contributed by atoms with Crippen molar-refractivity contribution < 1.29 is 10.0 Å². The number of nitrogens with zero attached hydrogens (tertiary/aromatic N) is 4. The molecule has 0 aliphatic carbocycles. The Hall–Kier alpha value is -1.70. The zero-order valence-electron chi connectivity index (χ0n) is 10.3. The van der Waals surface area contributed by atoms with Crippen molar-refractivity contribution in [1.82, 2.24) is 15.0 Å². The summed E-state index contributed by atoms with van der Waals surface area (Å²) in [6.45, 7) is 1.78. The minimum absolute atomic E-state index is 0.0584. The maximum Gasteiger partial charge on any atom is 0.297 e. The Labute approximate surface area is 123 Å². The van der Waals surface area contributed by atoms with Crippen molar-refractivity contribution in [2.75, 3.05) is 0 Å². The summed E-state index contributed by atoms with van der Waals surface area (Å²) in [4.78, 5) is 10.5. The number of aromatic nitrogens is 3. The molecule has 106 valence electrons. The van der Waals surface area contributed by atoms with Gasteiger partial charge in [-0.3, -0.25) is 10.1 Å². The highest BCUT2D eigenvalue weighted by molar-refractivity contribution is 6.36. The third-order valence-electron chi connectivity index (χ3n) is 2.67. The molecule has 0 fully saturated rings. The molecule has 0 spiro atoms. The Morgan fingerprint density at radius 2 is 2.20 bits per heavy atom. The molecule has 1 heterocycles. The molecular formula is C11H10Cl2N4O3. The molecule has 1 atom stereocenters. The molecule has 0 bridgehead atoms. The standard InChI is InChI=1S/C11H10Cl2N4O3/c1-2-10(18)8-5-16(15-14-8)11-7(13)3-6(12)4-9(11)17(19)20/h3-5,10,18H,2H2,1H3. The van der Waals surface area contributed by atoms with Crippen LogP contribution in [0.1, 0.15) is 25.1 Å². The minimum atomic E-state index is -0.783. The van der Waals surface area contributed by atoms with Gasteiger partial charge in [-0.15, -0.1) is 5.10 Å². The average Bonchev–Trinajstić information content (AvgIpc) is 2.86. The normalized spacial score (nSPS) is 12.4. The SMILES string of the molecule is CCC(O)c1cn(-c2c(Cl)cc(Cl)cc2[N+](=O)[O-])nn1. The van der Waals surface area contributed by atoms with Crippen LogP contribution in [0, 0.1) is 10.1 Å². The number of hydrogen-bond acceptors (Lipinski definition) is 5. The molecule has 0 saturated heterocycles. The molecule has 1 unspecified atom stereocenters. The molecule has 9 heteroatoms. The van der Waals surface area contributed by atoms with Crippen molar-refractivity contribution in [2.24, 2.45) is 0 Å². The largest absolute Gasteiger partial charge is 0.387 e. The number of hydrogen-bond donors (Lipinski definition) is 1. The second-order valence-corrected chi connectivity index (χ2v) is 4.87. The van der Waals surface area contributed by atoms with Crippen molar-refractivity contribution >= 4 is 28.9 Å². The Bertz CT molecular complexity index is 659. The fourth-order valence-corrected chi connectivity index (χ4v) is 2.24. The third-order valence-corrected chi connectivity index (χ3v) is 3.18. The van der Waals surface area contributed by atoms with E-state index in [4.69, 9.17) is 23.2 Å². The van der Waals surface area contributed by atoms with Crippen molar-refractivity contribution in [3.63, 3.8) is 0 Å². The van der Waals surface area contributed by atoms with E-state index in [9.17, 15) is 15.2 Å². The minimum Gasteiger partial charge on any atom is -0.387 e. The average molecular weight is 317 g/mol. The Morgan fingerprint density at radius 1 is 1.50 bits per heavy atom. The lowest BCUT2D eigenvalue weighted by atomic mass is 10.2. The Morgan fingerprint density at radius 3 is 2.80 bits per heavy atom. The number of benzene rings is 1. The van der Waals surface area contributed by atoms with Crippen LogP contribution < -0.4 is 0 Å². The first-order chi connectivity index (χ1) is 9.43. The molecule has 2 aromatic rings. The summed E-state index contributed by atoms with van der Waals surface area (Å²) < 4.78 is 1.16. The molecule has 0 radical (unpaired) electrons. The van der Waals surface area contributed by atoms with E-state index in [0.29, 0.717) is 12.1 Å². The van der Waals surface area contributed by atoms with E-state index in [1.54, 1.807) is 6.92 Å². The molecular weight excluding hydrogens is 307 g/mol. The first kappa shape index (κ1) is 14.7. The summed E-state index contributed by atoms with van der Waals surface area (Å²) in [5, 5.41) is 28.5. The number of aliphatic hydroxyl groups is 1. The highest BCUT2D eigenvalue weighted by Crippen LogP contribution is 2.33. The van der Waals surface area contributed by atoms with E-state index < -0.39 is 11.0 Å². The van der Waals surface area contributed by atoms with Gasteiger partial charge in [0.05, 0.1) is 22.2 Å². The number of halogens is 2. The summed E-state index contributed by atoms with van der Waals surface area (Å²) in [6.07, 6.45) is 1.07. The lowest BCUT2D eigenvalue weighted by Crippen LogP contribution is -2.02. The lowest BCUT2D eigenvalue weighted by Gasteiger charge is -2.05. The van der Waals surface area contributed by atoms with Crippen LogP contribution in [0.4, 0.5) is 5.69 Å². The van der Waals surface area contributed by atoms with Crippen molar-refractivity contribution in [2.45, 2.75) is 19.4 Å². The van der Waals surface area contributed by atoms with Gasteiger partial charge in [0.15, 0.2) is 5.69 Å². The summed E-state index contributed by atoms with van der Waals surface area (Å²) >= 11 is 11.8. The van der Waals surface area contributed by atoms with Gasteiger partial charge < -0.3 is 5.11 Å². The number of rotatable bonds is 4. The number of aliphatic hydroxyl groups excluding tert-OH is 1. The summed E-state index contributed by atoms with van der Waals surface area (Å²) in [5.74, 6) is 0. The summed E-state index contributed by atoms with van der Waals surface area (Å²) in [6, 6.07) is 2.56. The zero-order valence-corrected chi connectivity index (χ0v) is 11.8. The highest BCUT2D eigenvalue weighted by Gasteiger charge is 2.22. The van der Waals surface area contributed by atoms with Crippen LogP contribution in [0.2, 0.25) is 10.0 Å². The second-order valence-electron chi connectivity index (χ2n) is 4.02. The second kappa shape index (κ2) is 5.74. The van der Waals surface area contributed by atoms with Gasteiger partial charge in [-0.1, -0.05) is 35.3 Å². The fourth-order valence-electron chi connectivity index (χ4n) is 1.67. The maximum atomic E-state index is 11.1. The summed E-state index contributed by atoms with van der Waals surface area (Å²) in [7, 11) is 0. The molecule has 0 saturated carbocycles. The molecule has 2 rings (SSSR count). The fraction of sp³-hybridized carbons (Fsp3) is 0.273. The van der Waals surface area contributed by atoms with Crippen LogP contribution in [0.15, 0.2) is 18.3 Å². The number of nitro groups is 1. The smallest absolute Gasteiger partial charge is 0.297 e. The topological polar surface area (TPSA) is 94.1 Å². The first-order valence-electron chi connectivity index (χ1n) is 5.68. The molecule has 7 nitrogen and oxygen atoms in total. The van der Waals surface area contributed by atoms with Gasteiger partial charge in [-0.05, 0) is 12.5 Å². The Kier molecular flexibility index (Phi) is 4.22. The quantitative estimate of drug-likeness (QED) is 0.691. The van der Waals surface area contributed by atoms with Crippen LogP contribution in [0.3, 0.4) is 0 Å². The lowest BCUT2D eigenvalue weighted by molar-refractivity contribution is -0.384. The molecule has 0 aliphatic rings. The van der Waals surface area contributed by atoms with Gasteiger partial charge in [-0.25, -0.2) is 4.68 Å². The zero-order chi connectivity index (χ0) is 14.9. The van der Waals surface area contributed by atoms with Crippen molar-refractivity contribution in [1.29, 1.82) is 0 Å². The van der Waals surface area contributed by atoms with Gasteiger partial charge in [0.1, 0.15) is 5.69 Å². The van der Waals surface area contributed by atoms with E-state index in [1.807, 2.05) is 0 Å². The molecule has 20 heavy (non-hydrogen) atoms. The summed E-state index contributed by atoms with van der Waals surface area (Å²) in [5.41, 5.74) is 0.0841. The van der Waals surface area contributed by atoms with Crippen LogP contribution in [0.5, 0.6) is 0 Å². The monoisotopic (exact) mass is 316 g/mol. The molecule has 1 aromatic heterocycles. The van der Waals surface area contributed by atoms with Gasteiger partial charge in [0.25, 0.3) is 5.69 Å². The Balaban J connectivity index is 2.57. The molecule has 0 aliphatic heterocycles. The van der Waals surface area contributed by atoms with Crippen LogP contribution in [0.25, 0.3) is 5.69 Å². The van der Waals surface area contributed by atoms with Gasteiger partial charge in [0, 0.05) is 11.1 Å². The van der Waals surface area contributed by atoms with Crippen LogP contribution >= 0.6 is 23.2 Å². The first-order valence-corrected chi connectivity index (χ1v) is 6.43. The van der Waals surface area contributed by atoms with Gasteiger partial charge >= 0.3 is 0 Å². The molecule has 0 amide bonds. The van der Waals surface area contributed by atoms with E-state index in [2.05, 4.69) is 10.3 Å². The number of nitro benzene ring substituents is 1.